The Hall–Kier alpha value is -3.33. The van der Waals surface area contributed by atoms with Gasteiger partial charge in [0.1, 0.15) is 17.0 Å². The molecule has 8 heteroatoms. The van der Waals surface area contributed by atoms with Gasteiger partial charge in [0.05, 0.1) is 18.0 Å². The van der Waals surface area contributed by atoms with E-state index in [2.05, 4.69) is 26.7 Å². The maximum absolute atomic E-state index is 12.7. The van der Waals surface area contributed by atoms with Crippen LogP contribution in [-0.2, 0) is 0 Å². The first-order chi connectivity index (χ1) is 16.2. The van der Waals surface area contributed by atoms with Crippen molar-refractivity contribution in [3.63, 3.8) is 0 Å². The molecule has 4 aromatic rings. The Morgan fingerprint density at radius 2 is 1.85 bits per heavy atom. The predicted octanol–water partition coefficient (Wildman–Crippen LogP) is 3.55. The standard InChI is InChI=1S/C25H25N5O2S/c31-15-21(17-4-2-1-3-5-17)29-23-20-14-22(33-24(20)28-16-27-23)18-6-8-19(9-7-18)25(32)30-12-10-26-11-13-30/h1-9,14,16,21,26,31H,10-13,15H2,(H,27,28,29). The molecule has 33 heavy (non-hydrogen) atoms. The van der Waals surface area contributed by atoms with Crippen LogP contribution in [0.1, 0.15) is 22.0 Å². The van der Waals surface area contributed by atoms with E-state index in [1.54, 1.807) is 17.7 Å². The second-order valence-electron chi connectivity index (χ2n) is 7.96. The van der Waals surface area contributed by atoms with Gasteiger partial charge in [0.25, 0.3) is 5.91 Å². The molecule has 0 saturated carbocycles. The van der Waals surface area contributed by atoms with Gasteiger partial charge in [0, 0.05) is 36.6 Å². The first kappa shape index (κ1) is 21.5. The molecular weight excluding hydrogens is 434 g/mol. The van der Waals surface area contributed by atoms with E-state index in [9.17, 15) is 9.90 Å². The summed E-state index contributed by atoms with van der Waals surface area (Å²) in [5.41, 5.74) is 2.73. The second-order valence-corrected chi connectivity index (χ2v) is 8.99. The van der Waals surface area contributed by atoms with Crippen LogP contribution in [0.3, 0.4) is 0 Å². The van der Waals surface area contributed by atoms with Crippen LogP contribution in [0, 0.1) is 0 Å². The van der Waals surface area contributed by atoms with Crippen LogP contribution in [0.2, 0.25) is 0 Å². The van der Waals surface area contributed by atoms with Crippen LogP contribution in [-0.4, -0.2) is 58.7 Å². The number of fused-ring (bicyclic) bond motifs is 1. The van der Waals surface area contributed by atoms with Crippen LogP contribution in [0.15, 0.2) is 67.0 Å². The number of carbonyl (C=O) groups excluding carboxylic acids is 1. The monoisotopic (exact) mass is 459 g/mol. The van der Waals surface area contributed by atoms with Gasteiger partial charge in [-0.05, 0) is 29.3 Å². The number of thiophene rings is 1. The van der Waals surface area contributed by atoms with E-state index in [4.69, 9.17) is 0 Å². The zero-order valence-electron chi connectivity index (χ0n) is 18.1. The fourth-order valence-electron chi connectivity index (χ4n) is 4.03. The number of aliphatic hydroxyl groups excluding tert-OH is 1. The second kappa shape index (κ2) is 9.66. The Morgan fingerprint density at radius 3 is 2.58 bits per heavy atom. The summed E-state index contributed by atoms with van der Waals surface area (Å²) in [5.74, 6) is 0.767. The molecule has 0 aliphatic carbocycles. The molecule has 0 bridgehead atoms. The zero-order chi connectivity index (χ0) is 22.6. The number of benzene rings is 2. The normalized spacial score (nSPS) is 14.9. The number of nitrogens with one attached hydrogen (secondary N) is 2. The Kier molecular flexibility index (Phi) is 6.30. The van der Waals surface area contributed by atoms with Crippen molar-refractivity contribution in [3.05, 3.63) is 78.1 Å². The molecule has 1 atom stereocenters. The van der Waals surface area contributed by atoms with Crippen molar-refractivity contribution < 1.29 is 9.90 Å². The smallest absolute Gasteiger partial charge is 0.253 e. The average Bonchev–Trinajstić information content (AvgIpc) is 3.33. The molecule has 0 spiro atoms. The lowest BCUT2D eigenvalue weighted by atomic mass is 10.1. The first-order valence-electron chi connectivity index (χ1n) is 11.0. The maximum atomic E-state index is 12.7. The molecule has 3 N–H and O–H groups in total. The molecule has 2 aromatic heterocycles. The van der Waals surface area contributed by atoms with Crippen molar-refractivity contribution in [2.24, 2.45) is 0 Å². The van der Waals surface area contributed by atoms with Gasteiger partial charge >= 0.3 is 0 Å². The summed E-state index contributed by atoms with van der Waals surface area (Å²) in [6.45, 7) is 3.11. The number of carbonyl (C=O) groups is 1. The van der Waals surface area contributed by atoms with E-state index in [0.29, 0.717) is 11.4 Å². The molecule has 1 fully saturated rings. The van der Waals surface area contributed by atoms with Crippen molar-refractivity contribution in [3.8, 4) is 10.4 Å². The number of aromatic nitrogens is 2. The summed E-state index contributed by atoms with van der Waals surface area (Å²) in [7, 11) is 0. The molecule has 7 nitrogen and oxygen atoms in total. The van der Waals surface area contributed by atoms with Gasteiger partial charge in [-0.25, -0.2) is 9.97 Å². The Bertz CT molecular complexity index is 1240. The zero-order valence-corrected chi connectivity index (χ0v) is 18.9. The largest absolute Gasteiger partial charge is 0.394 e. The highest BCUT2D eigenvalue weighted by Crippen LogP contribution is 2.36. The number of rotatable bonds is 6. The van der Waals surface area contributed by atoms with Crippen molar-refractivity contribution in [1.82, 2.24) is 20.2 Å². The van der Waals surface area contributed by atoms with Crippen LogP contribution in [0.4, 0.5) is 5.82 Å². The van der Waals surface area contributed by atoms with Crippen LogP contribution >= 0.6 is 11.3 Å². The van der Waals surface area contributed by atoms with Gasteiger partial charge in [0.2, 0.25) is 0 Å². The molecule has 1 aliphatic heterocycles. The Labute approximate surface area is 196 Å². The maximum Gasteiger partial charge on any atom is 0.253 e. The van der Waals surface area contributed by atoms with Crippen LogP contribution < -0.4 is 10.6 Å². The number of amides is 1. The predicted molar refractivity (Wildman–Crippen MR) is 132 cm³/mol. The lowest BCUT2D eigenvalue weighted by Crippen LogP contribution is -2.46. The third-order valence-electron chi connectivity index (χ3n) is 5.85. The summed E-state index contributed by atoms with van der Waals surface area (Å²) in [6, 6.07) is 19.4. The quantitative estimate of drug-likeness (QED) is 0.409. The molecule has 3 heterocycles. The Balaban J connectivity index is 1.39. The minimum Gasteiger partial charge on any atom is -0.394 e. The summed E-state index contributed by atoms with van der Waals surface area (Å²) in [4.78, 5) is 25.4. The average molecular weight is 460 g/mol. The molecular formula is C25H25N5O2S. The minimum atomic E-state index is -0.261. The minimum absolute atomic E-state index is 0.0466. The molecule has 5 rings (SSSR count). The Morgan fingerprint density at radius 1 is 1.09 bits per heavy atom. The van der Waals surface area contributed by atoms with Crippen LogP contribution in [0.5, 0.6) is 0 Å². The summed E-state index contributed by atoms with van der Waals surface area (Å²) in [6.07, 6.45) is 1.54. The molecule has 168 valence electrons. The van der Waals surface area contributed by atoms with E-state index < -0.39 is 0 Å². The summed E-state index contributed by atoms with van der Waals surface area (Å²) < 4.78 is 0. The third-order valence-corrected chi connectivity index (χ3v) is 6.94. The third kappa shape index (κ3) is 4.59. The van der Waals surface area contributed by atoms with E-state index in [1.807, 2.05) is 59.5 Å². The summed E-state index contributed by atoms with van der Waals surface area (Å²) >= 11 is 1.58. The highest BCUT2D eigenvalue weighted by atomic mass is 32.1. The van der Waals surface area contributed by atoms with Crippen molar-refractivity contribution in [2.45, 2.75) is 6.04 Å². The number of hydrogen-bond acceptors (Lipinski definition) is 7. The summed E-state index contributed by atoms with van der Waals surface area (Å²) in [5, 5.41) is 17.5. The number of aliphatic hydroxyl groups is 1. The van der Waals surface area contributed by atoms with Gasteiger partial charge in [0.15, 0.2) is 0 Å². The fraction of sp³-hybridized carbons (Fsp3) is 0.240. The van der Waals surface area contributed by atoms with Gasteiger partial charge < -0.3 is 20.6 Å². The number of hydrogen-bond donors (Lipinski definition) is 3. The van der Waals surface area contributed by atoms with Gasteiger partial charge in [-0.15, -0.1) is 11.3 Å². The van der Waals surface area contributed by atoms with Gasteiger partial charge in [-0.2, -0.15) is 0 Å². The molecule has 1 amide bonds. The fourth-order valence-corrected chi connectivity index (χ4v) is 5.03. The first-order valence-corrected chi connectivity index (χ1v) is 11.8. The van der Waals surface area contributed by atoms with Gasteiger partial charge in [-0.1, -0.05) is 42.5 Å². The van der Waals surface area contributed by atoms with Crippen molar-refractivity contribution in [2.75, 3.05) is 38.1 Å². The topological polar surface area (TPSA) is 90.4 Å². The molecule has 1 saturated heterocycles. The molecule has 1 aliphatic rings. The van der Waals surface area contributed by atoms with Crippen LogP contribution in [0.25, 0.3) is 20.7 Å². The van der Waals surface area contributed by atoms with Crippen molar-refractivity contribution >= 4 is 33.3 Å². The van der Waals surface area contributed by atoms with E-state index in [-0.39, 0.29) is 18.6 Å². The molecule has 1 unspecified atom stereocenters. The SMILES string of the molecule is O=C(c1ccc(-c2cc3c(NC(CO)c4ccccc4)ncnc3s2)cc1)N1CCNCC1. The molecule has 0 radical (unpaired) electrons. The van der Waals surface area contributed by atoms with E-state index in [1.165, 1.54) is 0 Å². The number of nitrogens with zero attached hydrogens (tertiary/aromatic N) is 3. The lowest BCUT2D eigenvalue weighted by Gasteiger charge is -2.27. The lowest BCUT2D eigenvalue weighted by molar-refractivity contribution is 0.0736. The van der Waals surface area contributed by atoms with E-state index >= 15 is 0 Å². The highest BCUT2D eigenvalue weighted by molar-refractivity contribution is 7.21. The van der Waals surface area contributed by atoms with Gasteiger partial charge in [-0.3, -0.25) is 4.79 Å². The highest BCUT2D eigenvalue weighted by Gasteiger charge is 2.19. The number of anilines is 1. The number of piperazine rings is 1. The molecule has 2 aromatic carbocycles. The van der Waals surface area contributed by atoms with Crippen molar-refractivity contribution in [1.29, 1.82) is 0 Å². The van der Waals surface area contributed by atoms with E-state index in [0.717, 1.165) is 52.4 Å².